The summed E-state index contributed by atoms with van der Waals surface area (Å²) in [7, 11) is 0. The normalized spacial score (nSPS) is 19.6. The minimum Gasteiger partial charge on any atom is -0.399 e. The molecule has 3 N–H and O–H groups in total. The van der Waals surface area contributed by atoms with Gasteiger partial charge in [-0.15, -0.1) is 0 Å². The fourth-order valence-corrected chi connectivity index (χ4v) is 2.31. The first kappa shape index (κ1) is 11.4. The highest BCUT2D eigenvalue weighted by Gasteiger charge is 2.16. The maximum absolute atomic E-state index is 5.79. The van der Waals surface area contributed by atoms with Crippen molar-refractivity contribution >= 4 is 5.69 Å². The molecular weight excluding hydrogens is 198 g/mol. The number of nitrogens with zero attached hydrogens (tertiary/aromatic N) is 1. The highest BCUT2D eigenvalue weighted by molar-refractivity contribution is 5.40. The Morgan fingerprint density at radius 3 is 2.81 bits per heavy atom. The van der Waals surface area contributed by atoms with Crippen LogP contribution in [0.3, 0.4) is 0 Å². The molecule has 0 amide bonds. The van der Waals surface area contributed by atoms with E-state index in [9.17, 15) is 0 Å². The maximum Gasteiger partial charge on any atom is 0.0316 e. The zero-order valence-electron chi connectivity index (χ0n) is 9.95. The van der Waals surface area contributed by atoms with Gasteiger partial charge >= 0.3 is 0 Å². The molecule has 1 aliphatic rings. The van der Waals surface area contributed by atoms with E-state index in [4.69, 9.17) is 5.73 Å². The molecule has 1 saturated heterocycles. The Morgan fingerprint density at radius 1 is 1.38 bits per heavy atom. The summed E-state index contributed by atoms with van der Waals surface area (Å²) in [5.74, 6) is 0. The van der Waals surface area contributed by atoms with Gasteiger partial charge in [-0.25, -0.2) is 0 Å². The Morgan fingerprint density at radius 2 is 2.12 bits per heavy atom. The average Bonchev–Trinajstić information content (AvgIpc) is 2.30. The third-order valence-electron chi connectivity index (χ3n) is 3.26. The lowest BCUT2D eigenvalue weighted by Gasteiger charge is -2.32. The van der Waals surface area contributed by atoms with Crippen LogP contribution < -0.4 is 11.1 Å². The van der Waals surface area contributed by atoms with E-state index in [0.717, 1.165) is 38.3 Å². The molecule has 88 valence electrons. The van der Waals surface area contributed by atoms with Gasteiger partial charge in [-0.3, -0.25) is 4.90 Å². The van der Waals surface area contributed by atoms with Crippen LogP contribution in [0.4, 0.5) is 5.69 Å². The van der Waals surface area contributed by atoms with Crippen molar-refractivity contribution in [2.75, 3.05) is 31.9 Å². The molecule has 0 bridgehead atoms. The van der Waals surface area contributed by atoms with Crippen LogP contribution in [0.2, 0.25) is 0 Å². The van der Waals surface area contributed by atoms with Gasteiger partial charge in [0.05, 0.1) is 0 Å². The minimum atomic E-state index is 0.601. The van der Waals surface area contributed by atoms with Crippen LogP contribution in [0.15, 0.2) is 24.3 Å². The van der Waals surface area contributed by atoms with E-state index in [2.05, 4.69) is 29.3 Å². The van der Waals surface area contributed by atoms with Gasteiger partial charge in [0.15, 0.2) is 0 Å². The molecule has 16 heavy (non-hydrogen) atoms. The van der Waals surface area contributed by atoms with Crippen LogP contribution in [-0.2, 0) is 6.42 Å². The second-order valence-corrected chi connectivity index (χ2v) is 4.58. The van der Waals surface area contributed by atoms with Crippen LogP contribution in [-0.4, -0.2) is 37.1 Å². The topological polar surface area (TPSA) is 41.3 Å². The Balaban J connectivity index is 1.93. The Bertz CT molecular complexity index is 332. The van der Waals surface area contributed by atoms with E-state index >= 15 is 0 Å². The monoisotopic (exact) mass is 219 g/mol. The van der Waals surface area contributed by atoms with E-state index in [1.165, 1.54) is 5.56 Å². The van der Waals surface area contributed by atoms with Crippen molar-refractivity contribution in [3.8, 4) is 0 Å². The molecule has 0 aromatic heterocycles. The fraction of sp³-hybridized carbons (Fsp3) is 0.538. The molecule has 1 unspecified atom stereocenters. The van der Waals surface area contributed by atoms with Crippen molar-refractivity contribution in [1.82, 2.24) is 10.2 Å². The van der Waals surface area contributed by atoms with Gasteiger partial charge in [0.2, 0.25) is 0 Å². The highest BCUT2D eigenvalue weighted by Crippen LogP contribution is 2.12. The zero-order chi connectivity index (χ0) is 11.4. The van der Waals surface area contributed by atoms with E-state index in [0.29, 0.717) is 6.04 Å². The van der Waals surface area contributed by atoms with Gasteiger partial charge in [0.25, 0.3) is 0 Å². The third kappa shape index (κ3) is 2.97. The summed E-state index contributed by atoms with van der Waals surface area (Å²) >= 11 is 0. The number of piperazine rings is 1. The molecule has 1 aromatic carbocycles. The lowest BCUT2D eigenvalue weighted by molar-refractivity contribution is 0.183. The van der Waals surface area contributed by atoms with Gasteiger partial charge in [-0.1, -0.05) is 12.1 Å². The summed E-state index contributed by atoms with van der Waals surface area (Å²) in [6, 6.07) is 8.82. The fourth-order valence-electron chi connectivity index (χ4n) is 2.31. The number of nitrogens with one attached hydrogen (secondary N) is 1. The SMILES string of the molecule is CC(Cc1cccc(N)c1)N1CCNCC1. The summed E-state index contributed by atoms with van der Waals surface area (Å²) in [6.07, 6.45) is 1.09. The summed E-state index contributed by atoms with van der Waals surface area (Å²) in [5.41, 5.74) is 7.99. The molecule has 0 aliphatic carbocycles. The number of rotatable bonds is 3. The number of hydrogen-bond donors (Lipinski definition) is 2. The minimum absolute atomic E-state index is 0.601. The standard InChI is InChI=1S/C13H21N3/c1-11(16-7-5-15-6-8-16)9-12-3-2-4-13(14)10-12/h2-4,10-11,15H,5-9,14H2,1H3. The van der Waals surface area contributed by atoms with Crippen LogP contribution in [0.5, 0.6) is 0 Å². The molecule has 3 heteroatoms. The van der Waals surface area contributed by atoms with Crippen molar-refractivity contribution in [2.45, 2.75) is 19.4 Å². The van der Waals surface area contributed by atoms with E-state index in [1.807, 2.05) is 12.1 Å². The van der Waals surface area contributed by atoms with Crippen LogP contribution in [0.25, 0.3) is 0 Å². The Hall–Kier alpha value is -1.06. The molecule has 1 aromatic rings. The molecule has 1 fully saturated rings. The van der Waals surface area contributed by atoms with Crippen LogP contribution in [0.1, 0.15) is 12.5 Å². The second kappa shape index (κ2) is 5.32. The first-order valence-electron chi connectivity index (χ1n) is 6.05. The second-order valence-electron chi connectivity index (χ2n) is 4.58. The number of nitrogens with two attached hydrogens (primary N) is 1. The molecule has 3 nitrogen and oxygen atoms in total. The van der Waals surface area contributed by atoms with E-state index in [1.54, 1.807) is 0 Å². The lowest BCUT2D eigenvalue weighted by atomic mass is 10.0. The number of benzene rings is 1. The largest absolute Gasteiger partial charge is 0.399 e. The van der Waals surface area contributed by atoms with E-state index < -0.39 is 0 Å². The maximum atomic E-state index is 5.79. The highest BCUT2D eigenvalue weighted by atomic mass is 15.2. The number of nitrogen functional groups attached to an aromatic ring is 1. The van der Waals surface area contributed by atoms with E-state index in [-0.39, 0.29) is 0 Å². The molecule has 2 rings (SSSR count). The van der Waals surface area contributed by atoms with Gasteiger partial charge in [0.1, 0.15) is 0 Å². The summed E-state index contributed by atoms with van der Waals surface area (Å²) in [6.45, 7) is 6.84. The predicted octanol–water partition coefficient (Wildman–Crippen LogP) is 1.11. The van der Waals surface area contributed by atoms with Gasteiger partial charge in [-0.2, -0.15) is 0 Å². The molecule has 1 heterocycles. The average molecular weight is 219 g/mol. The molecule has 0 radical (unpaired) electrons. The summed E-state index contributed by atoms with van der Waals surface area (Å²) in [4.78, 5) is 2.54. The molecule has 1 atom stereocenters. The Labute approximate surface area is 97.6 Å². The molecule has 1 aliphatic heterocycles. The quantitative estimate of drug-likeness (QED) is 0.748. The van der Waals surface area contributed by atoms with Crippen molar-refractivity contribution in [2.24, 2.45) is 0 Å². The molecular formula is C13H21N3. The van der Waals surface area contributed by atoms with Gasteiger partial charge in [0, 0.05) is 37.9 Å². The summed E-state index contributed by atoms with van der Waals surface area (Å²) < 4.78 is 0. The van der Waals surface area contributed by atoms with Crippen LogP contribution in [0, 0.1) is 0 Å². The lowest BCUT2D eigenvalue weighted by Crippen LogP contribution is -2.48. The molecule has 0 saturated carbocycles. The van der Waals surface area contributed by atoms with Gasteiger partial charge < -0.3 is 11.1 Å². The van der Waals surface area contributed by atoms with Crippen LogP contribution >= 0.6 is 0 Å². The predicted molar refractivity (Wildman–Crippen MR) is 68.5 cm³/mol. The summed E-state index contributed by atoms with van der Waals surface area (Å²) in [5, 5.41) is 3.38. The van der Waals surface area contributed by atoms with Crippen molar-refractivity contribution < 1.29 is 0 Å². The van der Waals surface area contributed by atoms with Gasteiger partial charge in [-0.05, 0) is 31.0 Å². The smallest absolute Gasteiger partial charge is 0.0316 e. The van der Waals surface area contributed by atoms with Crippen molar-refractivity contribution in [3.05, 3.63) is 29.8 Å². The third-order valence-corrected chi connectivity index (χ3v) is 3.26. The van der Waals surface area contributed by atoms with Crippen molar-refractivity contribution in [1.29, 1.82) is 0 Å². The van der Waals surface area contributed by atoms with Crippen molar-refractivity contribution in [3.63, 3.8) is 0 Å². The zero-order valence-corrected chi connectivity index (χ0v) is 9.95. The molecule has 0 spiro atoms. The number of anilines is 1. The first-order chi connectivity index (χ1) is 7.75. The first-order valence-corrected chi connectivity index (χ1v) is 6.05. The Kier molecular flexibility index (Phi) is 3.80. The number of hydrogen-bond acceptors (Lipinski definition) is 3.